The Morgan fingerprint density at radius 2 is 2.05 bits per heavy atom. The smallest absolute Gasteiger partial charge is 0.243 e. The minimum atomic E-state index is -1.17. The molecule has 110 valence electrons. The third-order valence-corrected chi connectivity index (χ3v) is 3.92. The van der Waals surface area contributed by atoms with Crippen molar-refractivity contribution in [3.05, 3.63) is 35.9 Å². The lowest BCUT2D eigenvalue weighted by Gasteiger charge is -2.41. The molecule has 0 saturated carbocycles. The van der Waals surface area contributed by atoms with Crippen LogP contribution < -0.4 is 11.5 Å². The first-order chi connectivity index (χ1) is 9.43. The fourth-order valence-electron chi connectivity index (χ4n) is 2.56. The van der Waals surface area contributed by atoms with Crippen molar-refractivity contribution in [2.24, 2.45) is 11.5 Å². The number of nitrogens with zero attached hydrogens (tertiary/aromatic N) is 1. The summed E-state index contributed by atoms with van der Waals surface area (Å²) in [5, 5.41) is 0. The molecule has 5 nitrogen and oxygen atoms in total. The highest BCUT2D eigenvalue weighted by atomic mass is 16.5. The van der Waals surface area contributed by atoms with E-state index in [9.17, 15) is 4.79 Å². The predicted molar refractivity (Wildman–Crippen MR) is 78.0 cm³/mol. The lowest BCUT2D eigenvalue weighted by molar-refractivity contribution is -0.126. The van der Waals surface area contributed by atoms with Gasteiger partial charge in [0, 0.05) is 19.1 Å². The molecule has 0 spiro atoms. The zero-order valence-corrected chi connectivity index (χ0v) is 12.1. The van der Waals surface area contributed by atoms with Crippen molar-refractivity contribution >= 4 is 5.91 Å². The normalized spacial score (nSPS) is 26.9. The first kappa shape index (κ1) is 15.0. The molecule has 4 N–H and O–H groups in total. The van der Waals surface area contributed by atoms with E-state index in [2.05, 4.69) is 11.8 Å². The number of amides is 1. The van der Waals surface area contributed by atoms with Gasteiger partial charge in [-0.2, -0.15) is 0 Å². The fraction of sp³-hybridized carbons (Fsp3) is 0.533. The third kappa shape index (κ3) is 3.00. The number of carbonyl (C=O) groups is 1. The van der Waals surface area contributed by atoms with Crippen LogP contribution in [0.25, 0.3) is 0 Å². The Hall–Kier alpha value is -1.43. The SMILES string of the molecule is CC1CN(CC(N)(C(N)=O)c2ccccc2)C(C)CO1. The Bertz CT molecular complexity index is 465. The molecule has 20 heavy (non-hydrogen) atoms. The number of morpholine rings is 1. The zero-order valence-electron chi connectivity index (χ0n) is 12.1. The van der Waals surface area contributed by atoms with Crippen LogP contribution in [0.3, 0.4) is 0 Å². The Labute approximate surface area is 119 Å². The molecule has 1 heterocycles. The molecule has 2 rings (SSSR count). The number of benzene rings is 1. The summed E-state index contributed by atoms with van der Waals surface area (Å²) in [4.78, 5) is 14.1. The van der Waals surface area contributed by atoms with Crippen LogP contribution in [0.15, 0.2) is 30.3 Å². The van der Waals surface area contributed by atoms with Gasteiger partial charge in [0.15, 0.2) is 0 Å². The molecule has 5 heteroatoms. The maximum Gasteiger partial charge on any atom is 0.243 e. The van der Waals surface area contributed by atoms with Crippen LogP contribution in [0.2, 0.25) is 0 Å². The van der Waals surface area contributed by atoms with Gasteiger partial charge in [0.2, 0.25) is 5.91 Å². The first-order valence-electron chi connectivity index (χ1n) is 6.93. The molecule has 0 aromatic heterocycles. The van der Waals surface area contributed by atoms with Crippen LogP contribution in [0, 0.1) is 0 Å². The maximum atomic E-state index is 11.9. The lowest BCUT2D eigenvalue weighted by Crippen LogP contribution is -2.60. The van der Waals surface area contributed by atoms with Gasteiger partial charge in [-0.05, 0) is 19.4 Å². The fourth-order valence-corrected chi connectivity index (χ4v) is 2.56. The number of hydrogen-bond acceptors (Lipinski definition) is 4. The van der Waals surface area contributed by atoms with E-state index in [0.717, 1.165) is 12.1 Å². The second-order valence-corrected chi connectivity index (χ2v) is 5.62. The predicted octanol–water partition coefficient (Wildman–Crippen LogP) is 0.435. The maximum absolute atomic E-state index is 11.9. The average molecular weight is 277 g/mol. The lowest BCUT2D eigenvalue weighted by atomic mass is 9.89. The van der Waals surface area contributed by atoms with E-state index in [0.29, 0.717) is 13.2 Å². The molecule has 1 amide bonds. The molecule has 0 radical (unpaired) electrons. The van der Waals surface area contributed by atoms with Crippen LogP contribution in [0.4, 0.5) is 0 Å². The summed E-state index contributed by atoms with van der Waals surface area (Å²) in [5.41, 5.74) is 11.5. The second kappa shape index (κ2) is 5.91. The number of ether oxygens (including phenoxy) is 1. The van der Waals surface area contributed by atoms with Crippen molar-refractivity contribution in [3.63, 3.8) is 0 Å². The van der Waals surface area contributed by atoms with Crippen molar-refractivity contribution in [2.75, 3.05) is 19.7 Å². The minimum Gasteiger partial charge on any atom is -0.376 e. The summed E-state index contributed by atoms with van der Waals surface area (Å²) in [5.74, 6) is -0.505. The van der Waals surface area contributed by atoms with Gasteiger partial charge in [-0.15, -0.1) is 0 Å². The molecule has 3 unspecified atom stereocenters. The number of carbonyl (C=O) groups excluding carboxylic acids is 1. The van der Waals surface area contributed by atoms with Crippen molar-refractivity contribution in [1.82, 2.24) is 4.90 Å². The van der Waals surface area contributed by atoms with Gasteiger partial charge in [-0.3, -0.25) is 9.69 Å². The quantitative estimate of drug-likeness (QED) is 0.836. The van der Waals surface area contributed by atoms with Crippen LogP contribution in [0.1, 0.15) is 19.4 Å². The van der Waals surface area contributed by atoms with E-state index < -0.39 is 11.4 Å². The van der Waals surface area contributed by atoms with E-state index in [1.54, 1.807) is 0 Å². The van der Waals surface area contributed by atoms with Gasteiger partial charge in [-0.25, -0.2) is 0 Å². The second-order valence-electron chi connectivity index (χ2n) is 5.62. The summed E-state index contributed by atoms with van der Waals surface area (Å²) in [6.07, 6.45) is 0.138. The van der Waals surface area contributed by atoms with Crippen LogP contribution in [0.5, 0.6) is 0 Å². The molecular formula is C15H23N3O2. The monoisotopic (exact) mass is 277 g/mol. The number of rotatable bonds is 4. The van der Waals surface area contributed by atoms with E-state index in [1.807, 2.05) is 37.3 Å². The van der Waals surface area contributed by atoms with Gasteiger partial charge >= 0.3 is 0 Å². The number of primary amides is 1. The largest absolute Gasteiger partial charge is 0.376 e. The highest BCUT2D eigenvalue weighted by Gasteiger charge is 2.38. The molecule has 1 aromatic carbocycles. The summed E-state index contributed by atoms with van der Waals surface area (Å²) in [7, 11) is 0. The molecule has 1 fully saturated rings. The summed E-state index contributed by atoms with van der Waals surface area (Å²) >= 11 is 0. The van der Waals surface area contributed by atoms with Gasteiger partial charge < -0.3 is 16.2 Å². The Morgan fingerprint density at radius 3 is 2.65 bits per heavy atom. The zero-order chi connectivity index (χ0) is 14.8. The summed E-state index contributed by atoms with van der Waals surface area (Å²) < 4.78 is 5.60. The van der Waals surface area contributed by atoms with Crippen LogP contribution >= 0.6 is 0 Å². The molecule has 1 aliphatic heterocycles. The molecule has 1 aromatic rings. The van der Waals surface area contributed by atoms with Crippen molar-refractivity contribution < 1.29 is 9.53 Å². The Morgan fingerprint density at radius 1 is 1.40 bits per heavy atom. The number of hydrogen-bond donors (Lipinski definition) is 2. The minimum absolute atomic E-state index is 0.138. The van der Waals surface area contributed by atoms with Crippen molar-refractivity contribution in [1.29, 1.82) is 0 Å². The van der Waals surface area contributed by atoms with E-state index in [4.69, 9.17) is 16.2 Å². The standard InChI is InChI=1S/C15H23N3O2/c1-11-9-20-12(2)8-18(11)10-15(17,14(16)19)13-6-4-3-5-7-13/h3-7,11-12H,8-10,17H2,1-2H3,(H2,16,19). The average Bonchev–Trinajstić information content (AvgIpc) is 2.43. The highest BCUT2D eigenvalue weighted by molar-refractivity contribution is 5.86. The first-order valence-corrected chi connectivity index (χ1v) is 6.93. The molecule has 1 saturated heterocycles. The van der Waals surface area contributed by atoms with Crippen molar-refractivity contribution in [2.45, 2.75) is 31.5 Å². The Balaban J connectivity index is 2.23. The van der Waals surface area contributed by atoms with Crippen LogP contribution in [-0.4, -0.2) is 42.6 Å². The molecular weight excluding hydrogens is 254 g/mol. The number of nitrogens with two attached hydrogens (primary N) is 2. The highest BCUT2D eigenvalue weighted by Crippen LogP contribution is 2.22. The van der Waals surface area contributed by atoms with Gasteiger partial charge in [0.1, 0.15) is 5.54 Å². The topological polar surface area (TPSA) is 81.6 Å². The summed E-state index contributed by atoms with van der Waals surface area (Å²) in [6, 6.07) is 9.54. The van der Waals surface area contributed by atoms with E-state index in [-0.39, 0.29) is 12.1 Å². The van der Waals surface area contributed by atoms with Crippen LogP contribution in [-0.2, 0) is 15.1 Å². The van der Waals surface area contributed by atoms with E-state index >= 15 is 0 Å². The van der Waals surface area contributed by atoms with E-state index in [1.165, 1.54) is 0 Å². The third-order valence-electron chi connectivity index (χ3n) is 3.92. The molecule has 0 aliphatic carbocycles. The Kier molecular flexibility index (Phi) is 4.42. The van der Waals surface area contributed by atoms with Gasteiger partial charge in [0.05, 0.1) is 12.7 Å². The molecule has 0 bridgehead atoms. The summed E-state index contributed by atoms with van der Waals surface area (Å²) in [6.45, 7) is 5.88. The van der Waals surface area contributed by atoms with Gasteiger partial charge in [0.25, 0.3) is 0 Å². The van der Waals surface area contributed by atoms with Crippen molar-refractivity contribution in [3.8, 4) is 0 Å². The molecule has 3 atom stereocenters. The molecule has 1 aliphatic rings. The van der Waals surface area contributed by atoms with Gasteiger partial charge in [-0.1, -0.05) is 30.3 Å².